The lowest BCUT2D eigenvalue weighted by molar-refractivity contribution is 0.806. The fraction of sp³-hybridized carbons (Fsp3) is 0.0714. The summed E-state index contributed by atoms with van der Waals surface area (Å²) in [5.74, 6) is 1.22. The van der Waals surface area contributed by atoms with Gasteiger partial charge in [0.15, 0.2) is 0 Å². The Hall–Kier alpha value is -2.69. The lowest BCUT2D eigenvalue weighted by Gasteiger charge is -2.08. The average molecular weight is 251 g/mol. The molecule has 5 heteroatoms. The Bertz CT molecular complexity index is 675. The van der Waals surface area contributed by atoms with Gasteiger partial charge in [0, 0.05) is 25.1 Å². The highest BCUT2D eigenvalue weighted by atomic mass is 15.1. The Kier molecular flexibility index (Phi) is 2.94. The number of benzene rings is 1. The molecule has 0 aliphatic heterocycles. The zero-order valence-electron chi connectivity index (χ0n) is 10.3. The first-order valence-corrected chi connectivity index (χ1v) is 5.95. The average Bonchev–Trinajstić information content (AvgIpc) is 2.88. The van der Waals surface area contributed by atoms with E-state index in [1.165, 1.54) is 11.9 Å². The summed E-state index contributed by atoms with van der Waals surface area (Å²) in [5.41, 5.74) is 7.83. The molecule has 3 rings (SSSR count). The number of rotatable bonds is 3. The van der Waals surface area contributed by atoms with Crippen molar-refractivity contribution in [3.8, 4) is 11.4 Å². The van der Waals surface area contributed by atoms with Crippen LogP contribution in [0.25, 0.3) is 11.4 Å². The molecule has 2 heterocycles. The second-order valence-corrected chi connectivity index (χ2v) is 4.19. The van der Waals surface area contributed by atoms with Crippen LogP contribution in [0.1, 0.15) is 5.56 Å². The highest BCUT2D eigenvalue weighted by molar-refractivity contribution is 5.67. The van der Waals surface area contributed by atoms with E-state index in [2.05, 4.69) is 27.1 Å². The molecule has 0 radical (unpaired) electrons. The van der Waals surface area contributed by atoms with Gasteiger partial charge >= 0.3 is 0 Å². The summed E-state index contributed by atoms with van der Waals surface area (Å²) in [5, 5.41) is 0. The maximum Gasteiger partial charge on any atom is 0.145 e. The van der Waals surface area contributed by atoms with Gasteiger partial charge in [0.1, 0.15) is 18.0 Å². The maximum atomic E-state index is 5.87. The molecule has 3 aromatic rings. The highest BCUT2D eigenvalue weighted by Crippen LogP contribution is 2.21. The fourth-order valence-corrected chi connectivity index (χ4v) is 1.97. The topological polar surface area (TPSA) is 69.6 Å². The second-order valence-electron chi connectivity index (χ2n) is 4.19. The number of hydrogen-bond donors (Lipinski definition) is 1. The zero-order chi connectivity index (χ0) is 13.1. The minimum absolute atomic E-state index is 0.440. The Labute approximate surface area is 110 Å². The molecule has 5 nitrogen and oxygen atoms in total. The van der Waals surface area contributed by atoms with Crippen LogP contribution in [-0.2, 0) is 6.54 Å². The number of nitrogens with two attached hydrogens (primary N) is 1. The van der Waals surface area contributed by atoms with Crippen molar-refractivity contribution in [1.29, 1.82) is 0 Å². The summed E-state index contributed by atoms with van der Waals surface area (Å²) in [6, 6.07) is 10.2. The van der Waals surface area contributed by atoms with Crippen LogP contribution in [0.2, 0.25) is 0 Å². The molecule has 2 N–H and O–H groups in total. The highest BCUT2D eigenvalue weighted by Gasteiger charge is 2.10. The van der Waals surface area contributed by atoms with E-state index < -0.39 is 0 Å². The molecule has 0 bridgehead atoms. The van der Waals surface area contributed by atoms with E-state index in [1.807, 2.05) is 29.0 Å². The molecule has 0 saturated carbocycles. The third kappa shape index (κ3) is 2.30. The second kappa shape index (κ2) is 4.89. The minimum atomic E-state index is 0.440. The molecule has 0 unspecified atom stereocenters. The molecule has 2 aromatic heterocycles. The monoisotopic (exact) mass is 251 g/mol. The van der Waals surface area contributed by atoms with Gasteiger partial charge in [-0.1, -0.05) is 30.3 Å². The number of hydrogen-bond acceptors (Lipinski definition) is 4. The van der Waals surface area contributed by atoms with Gasteiger partial charge in [0.05, 0.1) is 5.56 Å². The van der Waals surface area contributed by atoms with Crippen LogP contribution < -0.4 is 5.73 Å². The Morgan fingerprint density at radius 2 is 1.95 bits per heavy atom. The van der Waals surface area contributed by atoms with Gasteiger partial charge in [-0.25, -0.2) is 15.0 Å². The molecule has 1 aromatic carbocycles. The van der Waals surface area contributed by atoms with Crippen molar-refractivity contribution in [2.75, 3.05) is 5.73 Å². The van der Waals surface area contributed by atoms with Gasteiger partial charge in [-0.05, 0) is 5.56 Å². The normalized spacial score (nSPS) is 10.5. The molecule has 0 aliphatic rings. The molecular weight excluding hydrogens is 238 g/mol. The van der Waals surface area contributed by atoms with Gasteiger partial charge in [-0.15, -0.1) is 0 Å². The SMILES string of the molecule is Nc1ncncc1-c1nccn1Cc1ccccc1. The lowest BCUT2D eigenvalue weighted by Crippen LogP contribution is -2.04. The van der Waals surface area contributed by atoms with Gasteiger partial charge in [-0.3, -0.25) is 0 Å². The molecule has 0 aliphatic carbocycles. The van der Waals surface area contributed by atoms with Gasteiger partial charge in [-0.2, -0.15) is 0 Å². The predicted octanol–water partition coefficient (Wildman–Crippen LogP) is 1.97. The van der Waals surface area contributed by atoms with Gasteiger partial charge in [0.2, 0.25) is 0 Å². The van der Waals surface area contributed by atoms with E-state index in [4.69, 9.17) is 5.73 Å². The summed E-state index contributed by atoms with van der Waals surface area (Å²) >= 11 is 0. The molecule has 0 amide bonds. The van der Waals surface area contributed by atoms with Crippen LogP contribution in [0.5, 0.6) is 0 Å². The first-order chi connectivity index (χ1) is 9.34. The van der Waals surface area contributed by atoms with E-state index in [1.54, 1.807) is 12.4 Å². The van der Waals surface area contributed by atoms with Crippen LogP contribution >= 0.6 is 0 Å². The van der Waals surface area contributed by atoms with Crippen molar-refractivity contribution in [3.63, 3.8) is 0 Å². The third-order valence-electron chi connectivity index (χ3n) is 2.90. The number of imidazole rings is 1. The minimum Gasteiger partial charge on any atom is -0.383 e. The largest absolute Gasteiger partial charge is 0.383 e. The molecular formula is C14H13N5. The predicted molar refractivity (Wildman–Crippen MR) is 73.2 cm³/mol. The molecule has 0 atom stereocenters. The van der Waals surface area contributed by atoms with Crippen molar-refractivity contribution in [3.05, 3.63) is 60.8 Å². The number of anilines is 1. The van der Waals surface area contributed by atoms with E-state index in [-0.39, 0.29) is 0 Å². The van der Waals surface area contributed by atoms with E-state index in [0.717, 1.165) is 17.9 Å². The van der Waals surface area contributed by atoms with Gasteiger partial charge in [0.25, 0.3) is 0 Å². The molecule has 0 saturated heterocycles. The third-order valence-corrected chi connectivity index (χ3v) is 2.90. The van der Waals surface area contributed by atoms with E-state index >= 15 is 0 Å². The quantitative estimate of drug-likeness (QED) is 0.772. The lowest BCUT2D eigenvalue weighted by atomic mass is 10.2. The van der Waals surface area contributed by atoms with Crippen LogP contribution in [0.4, 0.5) is 5.82 Å². The van der Waals surface area contributed by atoms with E-state index in [0.29, 0.717) is 5.82 Å². The van der Waals surface area contributed by atoms with Gasteiger partial charge < -0.3 is 10.3 Å². The van der Waals surface area contributed by atoms with Crippen LogP contribution in [0, 0.1) is 0 Å². The standard InChI is InChI=1S/C14H13N5/c15-13-12(8-16-10-18-13)14-17-6-7-19(14)9-11-4-2-1-3-5-11/h1-8,10H,9H2,(H2,15,16,18). The molecule has 94 valence electrons. The van der Waals surface area contributed by atoms with Crippen LogP contribution in [-0.4, -0.2) is 19.5 Å². The first-order valence-electron chi connectivity index (χ1n) is 5.95. The zero-order valence-corrected chi connectivity index (χ0v) is 10.3. The summed E-state index contributed by atoms with van der Waals surface area (Å²) in [6.45, 7) is 0.741. The molecule has 0 fully saturated rings. The van der Waals surface area contributed by atoms with Crippen LogP contribution in [0.3, 0.4) is 0 Å². The van der Waals surface area contributed by atoms with Crippen molar-refractivity contribution < 1.29 is 0 Å². The first kappa shape index (κ1) is 11.4. The van der Waals surface area contributed by atoms with Crippen LogP contribution in [0.15, 0.2) is 55.2 Å². The van der Waals surface area contributed by atoms with Crippen molar-refractivity contribution in [2.24, 2.45) is 0 Å². The Balaban J connectivity index is 1.98. The maximum absolute atomic E-state index is 5.87. The summed E-state index contributed by atoms with van der Waals surface area (Å²) in [6.07, 6.45) is 6.80. The Morgan fingerprint density at radius 1 is 1.11 bits per heavy atom. The molecule has 0 spiro atoms. The smallest absolute Gasteiger partial charge is 0.145 e. The summed E-state index contributed by atoms with van der Waals surface area (Å²) < 4.78 is 2.03. The van der Waals surface area contributed by atoms with Crippen molar-refractivity contribution in [2.45, 2.75) is 6.54 Å². The fourth-order valence-electron chi connectivity index (χ4n) is 1.97. The number of nitrogens with zero attached hydrogens (tertiary/aromatic N) is 4. The number of nitrogen functional groups attached to an aromatic ring is 1. The van der Waals surface area contributed by atoms with Crippen molar-refractivity contribution in [1.82, 2.24) is 19.5 Å². The van der Waals surface area contributed by atoms with E-state index in [9.17, 15) is 0 Å². The molecule has 19 heavy (non-hydrogen) atoms. The van der Waals surface area contributed by atoms with Crippen molar-refractivity contribution >= 4 is 5.82 Å². The number of aromatic nitrogens is 4. The summed E-state index contributed by atoms with van der Waals surface area (Å²) in [7, 11) is 0. The Morgan fingerprint density at radius 3 is 2.74 bits per heavy atom. The summed E-state index contributed by atoms with van der Waals surface area (Å²) in [4.78, 5) is 12.3.